The predicted molar refractivity (Wildman–Crippen MR) is 518 cm³/mol. The van der Waals surface area contributed by atoms with Crippen LogP contribution in [0.4, 0.5) is 0 Å². The molecule has 0 saturated carbocycles. The van der Waals surface area contributed by atoms with Gasteiger partial charge in [-0.05, 0) is 173 Å². The molecule has 7 atom stereocenters. The van der Waals surface area contributed by atoms with Gasteiger partial charge in [0.05, 0.1) is 87.7 Å². The van der Waals surface area contributed by atoms with E-state index < -0.39 is 23.8 Å². The summed E-state index contributed by atoms with van der Waals surface area (Å²) in [5, 5.41) is 29.0. The fourth-order valence-electron chi connectivity index (χ4n) is 15.6. The Bertz CT molecular complexity index is 5270. The van der Waals surface area contributed by atoms with Crippen LogP contribution in [0, 0.1) is 27.7 Å². The van der Waals surface area contributed by atoms with Crippen LogP contribution in [0.1, 0.15) is 220 Å². The zero-order chi connectivity index (χ0) is 93.9. The fourth-order valence-corrected chi connectivity index (χ4v) is 15.7. The summed E-state index contributed by atoms with van der Waals surface area (Å²) < 4.78 is 45.0. The summed E-state index contributed by atoms with van der Waals surface area (Å²) in [5.41, 5.74) is 37.8. The number of aryl methyl sites for hydroxylation is 4. The van der Waals surface area contributed by atoms with E-state index in [1.54, 1.807) is 24.3 Å². The molecule has 702 valence electrons. The number of fused-ring (bicyclic) bond motifs is 7. The number of hydrogen-bond donors (Lipinski definition) is 6. The number of hydrogen-bond acceptors (Lipinski definition) is 18. The van der Waals surface area contributed by atoms with E-state index in [9.17, 15) is 24.0 Å². The van der Waals surface area contributed by atoms with Gasteiger partial charge < -0.3 is 74.8 Å². The van der Waals surface area contributed by atoms with Gasteiger partial charge in [-0.1, -0.05) is 265 Å². The van der Waals surface area contributed by atoms with E-state index in [-0.39, 0.29) is 62.8 Å². The van der Waals surface area contributed by atoms with Crippen molar-refractivity contribution in [1.82, 2.24) is 10.4 Å². The number of carboxylic acids is 1. The Labute approximate surface area is 788 Å². The quantitative estimate of drug-likeness (QED) is 0.0124. The zero-order valence-electron chi connectivity index (χ0n) is 77.0. The number of aliphatic hydroxyl groups is 2. The van der Waals surface area contributed by atoms with Gasteiger partial charge in [-0.25, -0.2) is 4.79 Å². The molecule has 21 nitrogen and oxygen atoms in total. The van der Waals surface area contributed by atoms with Gasteiger partial charge >= 0.3 is 11.9 Å². The van der Waals surface area contributed by atoms with Crippen molar-refractivity contribution >= 4 is 41.3 Å². The second-order valence-corrected chi connectivity index (χ2v) is 33.8. The van der Waals surface area contributed by atoms with E-state index >= 15 is 0 Å². The number of aliphatic carboxylic acids is 1. The van der Waals surface area contributed by atoms with Crippen molar-refractivity contribution in [2.24, 2.45) is 11.5 Å². The maximum atomic E-state index is 11.9. The Balaban J connectivity index is 0.000000146. The summed E-state index contributed by atoms with van der Waals surface area (Å²) in [4.78, 5) is 61.0. The maximum Gasteiger partial charge on any atom is 0.363 e. The van der Waals surface area contributed by atoms with Crippen LogP contribution in [0.2, 0.25) is 0 Å². The average molecular weight is 1830 g/mol. The van der Waals surface area contributed by atoms with Crippen molar-refractivity contribution in [2.75, 3.05) is 85.7 Å². The highest BCUT2D eigenvalue weighted by molar-refractivity contribution is 6.17. The Morgan fingerprint density at radius 2 is 0.677 bits per heavy atom. The summed E-state index contributed by atoms with van der Waals surface area (Å²) in [6.45, 7) is 16.1. The number of hydroxylamine groups is 2. The molecular formula is C111H129ClN4O17. The number of carboxylic acid groups (broad SMARTS) is 1. The second kappa shape index (κ2) is 55.4. The van der Waals surface area contributed by atoms with Crippen molar-refractivity contribution in [3.63, 3.8) is 0 Å². The number of imide groups is 1. The molecule has 1 aliphatic heterocycles. The highest BCUT2D eigenvalue weighted by Crippen LogP contribution is 2.41. The third-order valence-electron chi connectivity index (χ3n) is 23.5. The van der Waals surface area contributed by atoms with Crippen molar-refractivity contribution in [3.8, 4) is 0 Å². The van der Waals surface area contributed by atoms with Gasteiger partial charge in [0.25, 0.3) is 17.7 Å². The van der Waals surface area contributed by atoms with Crippen molar-refractivity contribution in [1.29, 1.82) is 0 Å². The first-order chi connectivity index (χ1) is 64.9. The van der Waals surface area contributed by atoms with Gasteiger partial charge in [0.2, 0.25) is 0 Å². The smallest absolute Gasteiger partial charge is 0.363 e. The summed E-state index contributed by atoms with van der Waals surface area (Å²) in [7, 11) is 0. The van der Waals surface area contributed by atoms with Gasteiger partial charge in [0, 0.05) is 122 Å². The topological polar surface area (TPSA) is 296 Å². The normalized spacial score (nSPS) is 17.1. The number of ether oxygens (including phenoxy) is 8. The maximum absolute atomic E-state index is 11.9. The van der Waals surface area contributed by atoms with Gasteiger partial charge in [-0.3, -0.25) is 19.2 Å². The van der Waals surface area contributed by atoms with Crippen LogP contribution in [0.25, 0.3) is 0 Å². The molecule has 0 aromatic heterocycles. The third kappa shape index (κ3) is 32.3. The number of nitrogens with two attached hydrogens (primary N) is 2. The molecule has 7 aliphatic carbocycles. The molecule has 22 heteroatoms. The number of halogens is 1. The van der Waals surface area contributed by atoms with Gasteiger partial charge in [0.1, 0.15) is 0 Å². The number of benzene rings is 11. The average Bonchev–Trinajstić information content (AvgIpc) is 1.44. The molecule has 3 amide bonds. The molecule has 1 fully saturated rings. The minimum absolute atomic E-state index is 0.0195. The molecule has 8 aliphatic rings. The van der Waals surface area contributed by atoms with Crippen LogP contribution < -0.4 is 16.8 Å². The monoisotopic (exact) mass is 1820 g/mol. The van der Waals surface area contributed by atoms with Crippen LogP contribution >= 0.6 is 11.6 Å². The first-order valence-corrected chi connectivity index (χ1v) is 46.9. The lowest BCUT2D eigenvalue weighted by Gasteiger charge is -2.29. The molecule has 11 aromatic carbocycles. The van der Waals surface area contributed by atoms with Crippen LogP contribution in [0.5, 0.6) is 0 Å². The Kier molecular flexibility index (Phi) is 42.6. The molecule has 1 heterocycles. The number of rotatable bonds is 34. The first-order valence-electron chi connectivity index (χ1n) is 46.3. The highest BCUT2D eigenvalue weighted by atomic mass is 35.5. The van der Waals surface area contributed by atoms with E-state index in [0.29, 0.717) is 99.7 Å². The molecule has 8 N–H and O–H groups in total. The SMILES string of the molecule is Cc1ccc(C(=O)NCCCOC2Cc3ccccc32)cc1.Cc1ccc(C(=O)ON2C(=O)CCC2=O)cc1.Cc1ccc(CCl)cc1.Cc1ccc(COCCCOC2Cc3ccccc32)cc1.NCCCOC1Cc2ccccc21.NCCOC1Cc2ccccc21.O=C(O)CCOC1Cc2ccccc21.OCCCOC1Cc2ccccc21.OCCOC1Cc2ccccc21. The largest absolute Gasteiger partial charge is 0.481 e. The van der Waals surface area contributed by atoms with Crippen LogP contribution in [-0.2, 0) is 115 Å². The van der Waals surface area contributed by atoms with E-state index in [1.165, 1.54) is 100 Å². The Hall–Kier alpha value is -11.2. The summed E-state index contributed by atoms with van der Waals surface area (Å²) in [6.07, 6.45) is 12.7. The molecule has 0 radical (unpaired) electrons. The van der Waals surface area contributed by atoms with Gasteiger partial charge in [-0.15, -0.1) is 16.7 Å². The Morgan fingerprint density at radius 1 is 0.361 bits per heavy atom. The van der Waals surface area contributed by atoms with E-state index in [4.69, 9.17) is 81.1 Å². The summed E-state index contributed by atoms with van der Waals surface area (Å²) in [6, 6.07) is 89.5. The number of nitrogens with zero attached hydrogens (tertiary/aromatic N) is 1. The van der Waals surface area contributed by atoms with Gasteiger partial charge in [0.15, 0.2) is 0 Å². The lowest BCUT2D eigenvalue weighted by atomic mass is 9.85. The number of carbonyl (C=O) groups is 5. The number of alkyl halides is 1. The number of amides is 3. The Morgan fingerprint density at radius 3 is 1.02 bits per heavy atom. The molecule has 0 spiro atoms. The molecule has 11 aromatic rings. The minimum atomic E-state index is -0.808. The summed E-state index contributed by atoms with van der Waals surface area (Å²) in [5.74, 6) is -1.87. The lowest BCUT2D eigenvalue weighted by Crippen LogP contribution is -2.32. The lowest BCUT2D eigenvalue weighted by molar-refractivity contribution is -0.172. The number of carbonyl (C=O) groups excluding carboxylic acids is 4. The molecule has 133 heavy (non-hydrogen) atoms. The molecule has 1 saturated heterocycles. The number of nitrogens with one attached hydrogen (secondary N) is 1. The first kappa shape index (κ1) is 102. The zero-order valence-corrected chi connectivity index (χ0v) is 77.7. The fraction of sp³-hybridized carbons (Fsp3) is 0.360. The van der Waals surface area contributed by atoms with Crippen LogP contribution in [0.3, 0.4) is 0 Å². The molecule has 7 unspecified atom stereocenters. The molecular weight excluding hydrogens is 1700 g/mol. The highest BCUT2D eigenvalue weighted by Gasteiger charge is 2.35. The molecule has 0 bridgehead atoms. The third-order valence-corrected chi connectivity index (χ3v) is 23.9. The van der Waals surface area contributed by atoms with Crippen molar-refractivity contribution in [2.45, 2.75) is 173 Å². The van der Waals surface area contributed by atoms with Crippen molar-refractivity contribution < 1.29 is 82.0 Å². The van der Waals surface area contributed by atoms with Crippen molar-refractivity contribution in [3.05, 3.63) is 389 Å². The second-order valence-electron chi connectivity index (χ2n) is 33.5. The summed E-state index contributed by atoms with van der Waals surface area (Å²) >= 11 is 5.58. The van der Waals surface area contributed by atoms with Crippen LogP contribution in [0.15, 0.2) is 267 Å². The van der Waals surface area contributed by atoms with E-state index in [0.717, 1.165) is 102 Å². The predicted octanol–water partition coefficient (Wildman–Crippen LogP) is 19.3. The molecule has 19 rings (SSSR count). The van der Waals surface area contributed by atoms with E-state index in [1.807, 2.05) is 86.6 Å². The van der Waals surface area contributed by atoms with Crippen LogP contribution in [-0.4, -0.2) is 136 Å². The van der Waals surface area contributed by atoms with Gasteiger partial charge in [-0.2, -0.15) is 0 Å². The number of aliphatic hydroxyl groups excluding tert-OH is 2. The van der Waals surface area contributed by atoms with E-state index in [2.05, 4.69) is 189 Å². The minimum Gasteiger partial charge on any atom is -0.481 e. The standard InChI is InChI=1S/C19H21NO2.C19H22O2.C12H11NO4.C11H15NO.C11H12O3.C11H14O2.C10H13NO.C10H12O2.C8H9Cl/c1-14-7-9-15(10-8-14)19(21)20-11-4-12-22-18-13-16-5-2-3-6-17(16)18;1-15-7-9-16(10-8-15)14-20-11-4-12-21-19-13-17-5-2-3-6-18(17)19;1-8-2-4-9(5-3-8)12(16)17-13-10(14)6-7-11(13)15;12-6-3-7-13-11-8-9-4-1-2-5-10(9)11;12-11(13)5-6-14-10-7-8-3-1-2-4-9(8)10;12-6-3-7-13-11-8-9-4-1-2-5-10(9)11;2*11-5-6-12-10-7-8-3-1-2-4-9(8)10;1-7-2-4-8(6-9)5-3-7/h2-3,5-10,18H,4,11-13H2,1H3,(H,20,21);2-3,5-10,19H,4,11-14H2,1H3;2-5H,6-7H2,1H3;1-2,4-5,11H,3,6-8,12H2;1-4,10H,5-7H2,(H,12,13);1-2,4-5,11-12H,3,6-8H2;1-4,10H,5-7,11H2;1-4,10-11H,5-7H2;2-5H,6H2,1H3.